The molecule has 0 fully saturated rings. The zero-order chi connectivity index (χ0) is 26.6. The number of hydrogen-bond donors (Lipinski definition) is 1. The first-order chi connectivity index (χ1) is 17.4. The van der Waals surface area contributed by atoms with Crippen molar-refractivity contribution < 1.29 is 27.1 Å². The van der Waals surface area contributed by atoms with E-state index >= 15 is 0 Å². The van der Waals surface area contributed by atoms with Gasteiger partial charge in [-0.15, -0.1) is 0 Å². The molecule has 7 heteroatoms. The number of halogens is 4. The van der Waals surface area contributed by atoms with Crippen LogP contribution in [0, 0.1) is 23.3 Å². The monoisotopic (exact) mass is 517 g/mol. The second kappa shape index (κ2) is 20.3. The van der Waals surface area contributed by atoms with Crippen LogP contribution in [0.1, 0.15) is 128 Å². The average molecular weight is 518 g/mol. The van der Waals surface area contributed by atoms with Crippen molar-refractivity contribution in [2.75, 3.05) is 13.7 Å². The summed E-state index contributed by atoms with van der Waals surface area (Å²) >= 11 is 0. The zero-order valence-corrected chi connectivity index (χ0v) is 22.5. The first-order valence-electron chi connectivity index (χ1n) is 14.1. The number of benzene rings is 1. The highest BCUT2D eigenvalue weighted by Gasteiger charge is 2.26. The average Bonchev–Trinajstić information content (AvgIpc) is 2.88. The summed E-state index contributed by atoms with van der Waals surface area (Å²) in [6.45, 7) is 2.24. The summed E-state index contributed by atoms with van der Waals surface area (Å²) in [4.78, 5) is 11.3. The van der Waals surface area contributed by atoms with Gasteiger partial charge in [-0.05, 0) is 12.8 Å². The van der Waals surface area contributed by atoms with Gasteiger partial charge < -0.3 is 10.1 Å². The third-order valence-corrected chi connectivity index (χ3v) is 6.69. The van der Waals surface area contributed by atoms with Crippen LogP contribution in [0.15, 0.2) is 0 Å². The minimum absolute atomic E-state index is 0.0110. The lowest BCUT2D eigenvalue weighted by Gasteiger charge is -2.13. The van der Waals surface area contributed by atoms with E-state index in [1.807, 2.05) is 0 Å². The Morgan fingerprint density at radius 2 is 1.03 bits per heavy atom. The maximum Gasteiger partial charge on any atom is 0.220 e. The van der Waals surface area contributed by atoms with Gasteiger partial charge in [-0.25, -0.2) is 8.78 Å². The lowest BCUT2D eigenvalue weighted by Crippen LogP contribution is -2.19. The molecule has 0 saturated heterocycles. The van der Waals surface area contributed by atoms with Crippen LogP contribution in [0.4, 0.5) is 17.6 Å². The maximum absolute atomic E-state index is 14.2. The molecule has 1 aromatic rings. The van der Waals surface area contributed by atoms with Gasteiger partial charge in [0, 0.05) is 19.0 Å². The Hall–Kier alpha value is -1.79. The fourth-order valence-electron chi connectivity index (χ4n) is 4.37. The topological polar surface area (TPSA) is 38.3 Å². The van der Waals surface area contributed by atoms with E-state index in [0.717, 1.165) is 19.3 Å². The SMILES string of the molecule is CCCCCCCCCCCCCCCCCCCOc1c(F)c(F)c(CCC(=O)NC)c(F)c1F. The minimum atomic E-state index is -1.55. The lowest BCUT2D eigenvalue weighted by molar-refractivity contribution is -0.120. The first-order valence-corrected chi connectivity index (χ1v) is 14.1. The lowest BCUT2D eigenvalue weighted by atomic mass is 10.0. The van der Waals surface area contributed by atoms with E-state index < -0.39 is 46.9 Å². The molecule has 1 N–H and O–H groups in total. The highest BCUT2D eigenvalue weighted by molar-refractivity contribution is 5.75. The van der Waals surface area contributed by atoms with E-state index in [1.54, 1.807) is 0 Å². The molecule has 1 aromatic carbocycles. The number of carbonyl (C=O) groups is 1. The van der Waals surface area contributed by atoms with Crippen LogP contribution in [0.25, 0.3) is 0 Å². The number of rotatable bonds is 22. The van der Waals surface area contributed by atoms with E-state index in [-0.39, 0.29) is 13.0 Å². The number of unbranched alkanes of at least 4 members (excludes halogenated alkanes) is 16. The standard InChI is InChI=1S/C29H47F4NO2/c1-3-4-5-6-7-8-9-10-11-12-13-14-15-16-17-18-19-22-36-29-27(32)25(30)23(26(31)28(29)33)20-21-24(35)34-2/h3-22H2,1-2H3,(H,34,35). The largest absolute Gasteiger partial charge is 0.487 e. The second-order valence-electron chi connectivity index (χ2n) is 9.74. The molecule has 1 amide bonds. The fourth-order valence-corrected chi connectivity index (χ4v) is 4.37. The normalized spacial score (nSPS) is 11.2. The Balaban J connectivity index is 2.10. The molecule has 0 bridgehead atoms. The Morgan fingerprint density at radius 1 is 0.639 bits per heavy atom. The van der Waals surface area contributed by atoms with Gasteiger partial charge in [-0.3, -0.25) is 4.79 Å². The molecular weight excluding hydrogens is 470 g/mol. The maximum atomic E-state index is 14.2. The molecule has 3 nitrogen and oxygen atoms in total. The molecular formula is C29H47F4NO2. The smallest absolute Gasteiger partial charge is 0.220 e. The Morgan fingerprint density at radius 3 is 1.42 bits per heavy atom. The molecule has 0 atom stereocenters. The number of carbonyl (C=O) groups excluding carboxylic acids is 1. The highest BCUT2D eigenvalue weighted by Crippen LogP contribution is 2.31. The molecule has 36 heavy (non-hydrogen) atoms. The van der Waals surface area contributed by atoms with Gasteiger partial charge in [0.1, 0.15) is 0 Å². The van der Waals surface area contributed by atoms with Gasteiger partial charge in [-0.1, -0.05) is 110 Å². The quantitative estimate of drug-likeness (QED) is 0.0947. The van der Waals surface area contributed by atoms with Crippen LogP contribution in [0.5, 0.6) is 5.75 Å². The van der Waals surface area contributed by atoms with Crippen LogP contribution in [0.3, 0.4) is 0 Å². The van der Waals surface area contributed by atoms with Crippen molar-refractivity contribution in [3.8, 4) is 5.75 Å². The molecule has 208 valence electrons. The van der Waals surface area contributed by atoms with Crippen molar-refractivity contribution in [1.29, 1.82) is 0 Å². The summed E-state index contributed by atoms with van der Waals surface area (Å²) in [5, 5.41) is 2.29. The summed E-state index contributed by atoms with van der Waals surface area (Å²) in [5.41, 5.74) is -0.779. The summed E-state index contributed by atoms with van der Waals surface area (Å²) in [6, 6.07) is 0. The molecule has 0 unspecified atom stereocenters. The zero-order valence-electron chi connectivity index (χ0n) is 22.5. The molecule has 1 rings (SSSR count). The Bertz CT molecular complexity index is 713. The first kappa shape index (κ1) is 32.2. The third-order valence-electron chi connectivity index (χ3n) is 6.69. The molecule has 0 spiro atoms. The van der Waals surface area contributed by atoms with Gasteiger partial charge in [-0.2, -0.15) is 8.78 Å². The molecule has 0 aromatic heterocycles. The summed E-state index contributed by atoms with van der Waals surface area (Å²) in [7, 11) is 1.37. The van der Waals surface area contributed by atoms with Crippen LogP contribution in [-0.2, 0) is 11.2 Å². The number of ether oxygens (including phenoxy) is 1. The van der Waals surface area contributed by atoms with Crippen molar-refractivity contribution in [3.63, 3.8) is 0 Å². The Kier molecular flexibility index (Phi) is 18.2. The van der Waals surface area contributed by atoms with Gasteiger partial charge in [0.2, 0.25) is 17.5 Å². The van der Waals surface area contributed by atoms with E-state index in [1.165, 1.54) is 90.5 Å². The number of nitrogens with one attached hydrogen (secondary N) is 1. The van der Waals surface area contributed by atoms with E-state index in [9.17, 15) is 22.4 Å². The van der Waals surface area contributed by atoms with Crippen molar-refractivity contribution in [3.05, 3.63) is 28.8 Å². The molecule has 0 aliphatic heterocycles. The summed E-state index contributed by atoms with van der Waals surface area (Å²) in [6.07, 6.45) is 20.0. The van der Waals surface area contributed by atoms with Gasteiger partial charge in [0.15, 0.2) is 17.4 Å². The molecule has 0 aliphatic rings. The second-order valence-corrected chi connectivity index (χ2v) is 9.74. The van der Waals surface area contributed by atoms with Crippen LogP contribution >= 0.6 is 0 Å². The van der Waals surface area contributed by atoms with Gasteiger partial charge in [0.25, 0.3) is 0 Å². The van der Waals surface area contributed by atoms with E-state index in [2.05, 4.69) is 12.2 Å². The van der Waals surface area contributed by atoms with Crippen LogP contribution < -0.4 is 10.1 Å². The predicted octanol–water partition coefficient (Wildman–Crippen LogP) is 8.95. The summed E-state index contributed by atoms with van der Waals surface area (Å²) < 4.78 is 61.9. The molecule has 0 aliphatic carbocycles. The van der Waals surface area contributed by atoms with E-state index in [4.69, 9.17) is 4.74 Å². The van der Waals surface area contributed by atoms with Crippen LogP contribution in [0.2, 0.25) is 0 Å². The van der Waals surface area contributed by atoms with Crippen molar-refractivity contribution >= 4 is 5.91 Å². The highest BCUT2D eigenvalue weighted by atomic mass is 19.2. The predicted molar refractivity (Wildman–Crippen MR) is 138 cm³/mol. The van der Waals surface area contributed by atoms with Crippen LogP contribution in [-0.4, -0.2) is 19.6 Å². The van der Waals surface area contributed by atoms with E-state index in [0.29, 0.717) is 6.42 Å². The Labute approximate surface area is 215 Å². The van der Waals surface area contributed by atoms with Crippen molar-refractivity contribution in [2.24, 2.45) is 0 Å². The third kappa shape index (κ3) is 13.0. The van der Waals surface area contributed by atoms with Crippen molar-refractivity contribution in [1.82, 2.24) is 5.32 Å². The van der Waals surface area contributed by atoms with Crippen molar-refractivity contribution in [2.45, 2.75) is 129 Å². The molecule has 0 radical (unpaired) electrons. The minimum Gasteiger partial charge on any atom is -0.487 e. The van der Waals surface area contributed by atoms with Gasteiger partial charge >= 0.3 is 0 Å². The van der Waals surface area contributed by atoms with Gasteiger partial charge in [0.05, 0.1) is 6.61 Å². The number of hydrogen-bond acceptors (Lipinski definition) is 2. The molecule has 0 saturated carbocycles. The summed E-state index contributed by atoms with van der Waals surface area (Å²) in [5.74, 6) is -7.61. The number of amides is 1. The molecule has 0 heterocycles. The fraction of sp³-hybridized carbons (Fsp3) is 0.759.